The average Bonchev–Trinajstić information content (AvgIpc) is 2.60. The molecule has 3 rings (SSSR count). The molecule has 130 valence electrons. The van der Waals surface area contributed by atoms with Crippen LogP contribution < -0.4 is 10.2 Å². The fourth-order valence-corrected chi connectivity index (χ4v) is 3.94. The molecule has 1 saturated heterocycles. The molecule has 3 unspecified atom stereocenters. The summed E-state index contributed by atoms with van der Waals surface area (Å²) >= 11 is 0. The Kier molecular flexibility index (Phi) is 5.12. The fourth-order valence-electron chi connectivity index (χ4n) is 3.94. The second-order valence-electron chi connectivity index (χ2n) is 7.00. The highest BCUT2D eigenvalue weighted by molar-refractivity contribution is 5.80. The number of nitrogens with zero attached hydrogens (tertiary/aromatic N) is 1. The molecule has 0 radical (unpaired) electrons. The van der Waals surface area contributed by atoms with Gasteiger partial charge in [0.15, 0.2) is 0 Å². The molecule has 0 amide bonds. The number of aliphatic carboxylic acids is 1. The van der Waals surface area contributed by atoms with E-state index < -0.39 is 12.0 Å². The van der Waals surface area contributed by atoms with E-state index >= 15 is 0 Å². The van der Waals surface area contributed by atoms with Crippen molar-refractivity contribution in [2.24, 2.45) is 5.92 Å². The Morgan fingerprint density at radius 1 is 1.33 bits per heavy atom. The highest BCUT2D eigenvalue weighted by atomic mass is 16.4. The van der Waals surface area contributed by atoms with Crippen molar-refractivity contribution in [3.8, 4) is 0 Å². The van der Waals surface area contributed by atoms with Crippen LogP contribution in [0.5, 0.6) is 0 Å². The Hall–Kier alpha value is -1.97. The van der Waals surface area contributed by atoms with E-state index in [1.807, 2.05) is 6.92 Å². The normalized spacial score (nSPS) is 26.9. The maximum atomic E-state index is 11.6. The molecule has 1 aromatic rings. The lowest BCUT2D eigenvalue weighted by molar-refractivity contribution is -0.139. The first-order chi connectivity index (χ1) is 11.6. The van der Waals surface area contributed by atoms with Gasteiger partial charge >= 0.3 is 5.97 Å². The van der Waals surface area contributed by atoms with Gasteiger partial charge in [0.05, 0.1) is 0 Å². The van der Waals surface area contributed by atoms with Gasteiger partial charge in [-0.05, 0) is 55.4 Å². The monoisotopic (exact) mass is 328 g/mol. The summed E-state index contributed by atoms with van der Waals surface area (Å²) in [5.74, 6) is -0.607. The minimum absolute atomic E-state index is 0.0226. The number of fused-ring (bicyclic) bond motifs is 1. The number of carboxylic acid groups (broad SMARTS) is 1. The van der Waals surface area contributed by atoms with Crippen LogP contribution in [0.3, 0.4) is 0 Å². The summed E-state index contributed by atoms with van der Waals surface area (Å²) < 4.78 is 0. The summed E-state index contributed by atoms with van der Waals surface area (Å²) in [6.07, 6.45) is 9.15. The van der Waals surface area contributed by atoms with Crippen LogP contribution in [0.15, 0.2) is 30.4 Å². The van der Waals surface area contributed by atoms with E-state index in [-0.39, 0.29) is 11.8 Å². The first-order valence-corrected chi connectivity index (χ1v) is 9.16. The van der Waals surface area contributed by atoms with Gasteiger partial charge in [0.2, 0.25) is 0 Å². The molecule has 2 aliphatic rings. The lowest BCUT2D eigenvalue weighted by Crippen LogP contribution is -2.42. The van der Waals surface area contributed by atoms with Gasteiger partial charge in [-0.25, -0.2) is 4.79 Å². The minimum Gasteiger partial charge on any atom is -0.480 e. The molecule has 1 fully saturated rings. The van der Waals surface area contributed by atoms with Gasteiger partial charge in [0.1, 0.15) is 6.04 Å². The Labute approximate surface area is 144 Å². The van der Waals surface area contributed by atoms with Crippen LogP contribution >= 0.6 is 0 Å². The van der Waals surface area contributed by atoms with Crippen molar-refractivity contribution in [3.63, 3.8) is 0 Å². The zero-order valence-corrected chi connectivity index (χ0v) is 14.7. The van der Waals surface area contributed by atoms with Crippen LogP contribution in [-0.4, -0.2) is 30.2 Å². The molecule has 3 atom stereocenters. The SMILES string of the molecule is CC/C=C\C1c2cc(N3CCCCC3)ccc2NC(C(=O)O)C1C. The first-order valence-electron chi connectivity index (χ1n) is 9.16. The van der Waals surface area contributed by atoms with Gasteiger partial charge < -0.3 is 15.3 Å². The van der Waals surface area contributed by atoms with Crippen molar-refractivity contribution in [1.29, 1.82) is 0 Å². The fraction of sp³-hybridized carbons (Fsp3) is 0.550. The van der Waals surface area contributed by atoms with Gasteiger partial charge in [0, 0.05) is 30.4 Å². The summed E-state index contributed by atoms with van der Waals surface area (Å²) in [5.41, 5.74) is 3.46. The van der Waals surface area contributed by atoms with Crippen molar-refractivity contribution in [1.82, 2.24) is 0 Å². The molecule has 0 saturated carbocycles. The van der Waals surface area contributed by atoms with Crippen LogP contribution in [-0.2, 0) is 4.79 Å². The summed E-state index contributed by atoms with van der Waals surface area (Å²) in [4.78, 5) is 14.1. The maximum Gasteiger partial charge on any atom is 0.326 e. The summed E-state index contributed by atoms with van der Waals surface area (Å²) in [6.45, 7) is 6.39. The van der Waals surface area contributed by atoms with Crippen molar-refractivity contribution in [3.05, 3.63) is 35.9 Å². The van der Waals surface area contributed by atoms with E-state index in [9.17, 15) is 9.90 Å². The molecular weight excluding hydrogens is 300 g/mol. The molecule has 0 spiro atoms. The summed E-state index contributed by atoms with van der Waals surface area (Å²) in [6, 6.07) is 5.93. The van der Waals surface area contributed by atoms with E-state index in [1.165, 1.54) is 30.5 Å². The smallest absolute Gasteiger partial charge is 0.326 e. The van der Waals surface area contributed by atoms with E-state index in [4.69, 9.17) is 0 Å². The zero-order chi connectivity index (χ0) is 17.1. The second-order valence-corrected chi connectivity index (χ2v) is 7.00. The molecule has 0 aromatic heterocycles. The van der Waals surface area contributed by atoms with Gasteiger partial charge in [-0.2, -0.15) is 0 Å². The Balaban J connectivity index is 1.97. The van der Waals surface area contributed by atoms with Crippen molar-refractivity contribution < 1.29 is 9.90 Å². The number of allylic oxidation sites excluding steroid dienone is 2. The number of nitrogens with one attached hydrogen (secondary N) is 1. The van der Waals surface area contributed by atoms with E-state index in [1.54, 1.807) is 0 Å². The Morgan fingerprint density at radius 2 is 2.08 bits per heavy atom. The van der Waals surface area contributed by atoms with Crippen molar-refractivity contribution in [2.75, 3.05) is 23.3 Å². The second kappa shape index (κ2) is 7.29. The largest absolute Gasteiger partial charge is 0.480 e. The average molecular weight is 328 g/mol. The summed E-state index contributed by atoms with van der Waals surface area (Å²) in [7, 11) is 0. The van der Waals surface area contributed by atoms with Crippen LogP contribution in [0.25, 0.3) is 0 Å². The quantitative estimate of drug-likeness (QED) is 0.812. The van der Waals surface area contributed by atoms with Crippen LogP contribution in [0.4, 0.5) is 11.4 Å². The molecule has 1 aromatic carbocycles. The number of benzene rings is 1. The minimum atomic E-state index is -0.775. The standard InChI is InChI=1S/C20H28N2O2/c1-3-4-8-16-14(2)19(20(23)24)21-18-10-9-15(13-17(16)18)22-11-6-5-7-12-22/h4,8-10,13-14,16,19,21H,3,5-7,11-12H2,1-2H3,(H,23,24)/b8-4-. The number of rotatable bonds is 4. The molecule has 4 nitrogen and oxygen atoms in total. The van der Waals surface area contributed by atoms with Gasteiger partial charge in [-0.15, -0.1) is 0 Å². The number of carboxylic acids is 1. The van der Waals surface area contributed by atoms with Gasteiger partial charge in [0.25, 0.3) is 0 Å². The number of anilines is 2. The number of carbonyl (C=O) groups is 1. The Morgan fingerprint density at radius 3 is 2.75 bits per heavy atom. The lowest BCUT2D eigenvalue weighted by atomic mass is 9.78. The Bertz CT molecular complexity index is 620. The highest BCUT2D eigenvalue weighted by Gasteiger charge is 2.36. The topological polar surface area (TPSA) is 52.6 Å². The number of piperidine rings is 1. The first kappa shape index (κ1) is 16.9. The van der Waals surface area contributed by atoms with Crippen LogP contribution in [0.1, 0.15) is 51.0 Å². The third kappa shape index (κ3) is 3.28. The molecule has 0 aliphatic carbocycles. The maximum absolute atomic E-state index is 11.6. The van der Waals surface area contributed by atoms with Crippen molar-refractivity contribution in [2.45, 2.75) is 51.5 Å². The third-order valence-corrected chi connectivity index (χ3v) is 5.36. The zero-order valence-electron chi connectivity index (χ0n) is 14.7. The van der Waals surface area contributed by atoms with E-state index in [0.717, 1.165) is 25.2 Å². The van der Waals surface area contributed by atoms with Crippen LogP contribution in [0, 0.1) is 5.92 Å². The van der Waals surface area contributed by atoms with Gasteiger partial charge in [-0.1, -0.05) is 26.0 Å². The molecular formula is C20H28N2O2. The third-order valence-electron chi connectivity index (χ3n) is 5.36. The van der Waals surface area contributed by atoms with E-state index in [0.29, 0.717) is 0 Å². The van der Waals surface area contributed by atoms with Crippen molar-refractivity contribution >= 4 is 17.3 Å². The molecule has 2 heterocycles. The van der Waals surface area contributed by atoms with Crippen LogP contribution in [0.2, 0.25) is 0 Å². The molecule has 2 N–H and O–H groups in total. The number of hydrogen-bond donors (Lipinski definition) is 2. The summed E-state index contributed by atoms with van der Waals surface area (Å²) in [5, 5.41) is 12.8. The van der Waals surface area contributed by atoms with E-state index in [2.05, 4.69) is 47.5 Å². The predicted molar refractivity (Wildman–Crippen MR) is 98.9 cm³/mol. The van der Waals surface area contributed by atoms with Gasteiger partial charge in [-0.3, -0.25) is 0 Å². The predicted octanol–water partition coefficient (Wildman–Crippen LogP) is 4.24. The molecule has 4 heteroatoms. The lowest BCUT2D eigenvalue weighted by Gasteiger charge is -2.37. The number of hydrogen-bond acceptors (Lipinski definition) is 3. The molecule has 2 aliphatic heterocycles. The molecule has 24 heavy (non-hydrogen) atoms. The molecule has 0 bridgehead atoms. The highest BCUT2D eigenvalue weighted by Crippen LogP contribution is 2.41.